The molecule has 2 heterocycles. The van der Waals surface area contributed by atoms with Crippen LogP contribution in [0.5, 0.6) is 0 Å². The molecule has 0 bridgehead atoms. The van der Waals surface area contributed by atoms with E-state index in [9.17, 15) is 4.79 Å². The monoisotopic (exact) mass is 331 g/mol. The summed E-state index contributed by atoms with van der Waals surface area (Å²) in [6.07, 6.45) is 5.27. The zero-order valence-corrected chi connectivity index (χ0v) is 13.7. The van der Waals surface area contributed by atoms with Gasteiger partial charge in [0.1, 0.15) is 0 Å². The molecule has 1 saturated heterocycles. The number of halogens is 1. The molecule has 0 N–H and O–H groups in total. The van der Waals surface area contributed by atoms with Crippen LogP contribution in [-0.2, 0) is 4.79 Å². The minimum absolute atomic E-state index is 0.00841. The largest absolute Gasteiger partial charge is 0.339 e. The Morgan fingerprint density at radius 3 is 3.09 bits per heavy atom. The number of carbonyl (C=O) groups is 1. The molecule has 0 saturated carbocycles. The molecule has 1 aromatic heterocycles. The summed E-state index contributed by atoms with van der Waals surface area (Å²) in [5.41, 5.74) is 0.909. The standard InChI is InChI=1S/C17H18ClN3O2/c1-12-19-17(23-20-12)14-5-3-9-21(11-14)16(22)8-7-13-4-2-6-15(18)10-13/h2,4,6-8,10,14H,3,5,9,11H2,1H3. The quantitative estimate of drug-likeness (QED) is 0.808. The van der Waals surface area contributed by atoms with Crippen LogP contribution in [0.15, 0.2) is 34.9 Å². The molecule has 120 valence electrons. The highest BCUT2D eigenvalue weighted by molar-refractivity contribution is 6.30. The van der Waals surface area contributed by atoms with Crippen LogP contribution in [0.1, 0.15) is 36.0 Å². The maximum absolute atomic E-state index is 12.4. The van der Waals surface area contributed by atoms with Gasteiger partial charge in [0, 0.05) is 24.2 Å². The molecule has 1 amide bonds. The van der Waals surface area contributed by atoms with E-state index in [0.29, 0.717) is 23.3 Å². The molecule has 2 aromatic rings. The second kappa shape index (κ2) is 6.96. The van der Waals surface area contributed by atoms with E-state index in [4.69, 9.17) is 16.1 Å². The molecular weight excluding hydrogens is 314 g/mol. The third-order valence-electron chi connectivity index (χ3n) is 3.89. The van der Waals surface area contributed by atoms with E-state index in [1.807, 2.05) is 29.2 Å². The van der Waals surface area contributed by atoms with Crippen molar-refractivity contribution in [2.75, 3.05) is 13.1 Å². The van der Waals surface area contributed by atoms with Crippen LogP contribution in [-0.4, -0.2) is 34.0 Å². The molecule has 1 aliphatic heterocycles. The number of carbonyl (C=O) groups excluding carboxylic acids is 1. The lowest BCUT2D eigenvalue weighted by Crippen LogP contribution is -2.38. The predicted octanol–water partition coefficient (Wildman–Crippen LogP) is 3.45. The highest BCUT2D eigenvalue weighted by atomic mass is 35.5. The van der Waals surface area contributed by atoms with Gasteiger partial charge in [0.25, 0.3) is 0 Å². The molecule has 1 atom stereocenters. The first-order chi connectivity index (χ1) is 11.1. The van der Waals surface area contributed by atoms with Gasteiger partial charge in [-0.2, -0.15) is 4.98 Å². The summed E-state index contributed by atoms with van der Waals surface area (Å²) < 4.78 is 5.24. The number of aryl methyl sites for hydroxylation is 1. The lowest BCUT2D eigenvalue weighted by Gasteiger charge is -2.30. The van der Waals surface area contributed by atoms with Gasteiger partial charge in [-0.15, -0.1) is 0 Å². The first-order valence-electron chi connectivity index (χ1n) is 7.64. The van der Waals surface area contributed by atoms with Gasteiger partial charge in [-0.05, 0) is 43.5 Å². The van der Waals surface area contributed by atoms with E-state index in [2.05, 4.69) is 10.1 Å². The van der Waals surface area contributed by atoms with E-state index < -0.39 is 0 Å². The fourth-order valence-corrected chi connectivity index (χ4v) is 2.94. The van der Waals surface area contributed by atoms with Crippen LogP contribution >= 0.6 is 11.6 Å². The zero-order chi connectivity index (χ0) is 16.2. The number of hydrogen-bond acceptors (Lipinski definition) is 4. The molecule has 23 heavy (non-hydrogen) atoms. The van der Waals surface area contributed by atoms with Crippen molar-refractivity contribution in [1.29, 1.82) is 0 Å². The van der Waals surface area contributed by atoms with Crippen LogP contribution < -0.4 is 0 Å². The smallest absolute Gasteiger partial charge is 0.246 e. The minimum Gasteiger partial charge on any atom is -0.339 e. The van der Waals surface area contributed by atoms with Gasteiger partial charge < -0.3 is 9.42 Å². The molecule has 0 aliphatic carbocycles. The average molecular weight is 332 g/mol. The SMILES string of the molecule is Cc1noc(C2CCCN(C(=O)C=Cc3cccc(Cl)c3)C2)n1. The first-order valence-corrected chi connectivity index (χ1v) is 8.02. The normalized spacial score (nSPS) is 18.5. The van der Waals surface area contributed by atoms with Crippen molar-refractivity contribution in [2.45, 2.75) is 25.7 Å². The Balaban J connectivity index is 1.65. The number of aromatic nitrogens is 2. The van der Waals surface area contributed by atoms with Crippen molar-refractivity contribution in [3.63, 3.8) is 0 Å². The van der Waals surface area contributed by atoms with E-state index >= 15 is 0 Å². The van der Waals surface area contributed by atoms with Gasteiger partial charge in [0.2, 0.25) is 11.8 Å². The molecule has 1 aromatic carbocycles. The first kappa shape index (κ1) is 15.7. The average Bonchev–Trinajstić information content (AvgIpc) is 2.99. The van der Waals surface area contributed by atoms with Crippen molar-refractivity contribution in [3.05, 3.63) is 52.6 Å². The fraction of sp³-hybridized carbons (Fsp3) is 0.353. The molecule has 5 nitrogen and oxygen atoms in total. The Kier molecular flexibility index (Phi) is 4.76. The summed E-state index contributed by atoms with van der Waals surface area (Å²) in [6, 6.07) is 7.41. The maximum atomic E-state index is 12.4. The number of rotatable bonds is 3. The molecule has 1 aliphatic rings. The fourth-order valence-electron chi connectivity index (χ4n) is 2.74. The van der Waals surface area contributed by atoms with Crippen molar-refractivity contribution < 1.29 is 9.32 Å². The van der Waals surface area contributed by atoms with E-state index in [0.717, 1.165) is 24.9 Å². The Bertz CT molecular complexity index is 726. The van der Waals surface area contributed by atoms with E-state index in [1.54, 1.807) is 19.1 Å². The van der Waals surface area contributed by atoms with E-state index in [-0.39, 0.29) is 11.8 Å². The van der Waals surface area contributed by atoms with E-state index in [1.165, 1.54) is 0 Å². The number of likely N-dealkylation sites (tertiary alicyclic amines) is 1. The van der Waals surface area contributed by atoms with Crippen LogP contribution in [0.3, 0.4) is 0 Å². The second-order valence-electron chi connectivity index (χ2n) is 5.69. The lowest BCUT2D eigenvalue weighted by atomic mass is 9.98. The molecule has 0 radical (unpaired) electrons. The molecule has 1 unspecified atom stereocenters. The summed E-state index contributed by atoms with van der Waals surface area (Å²) in [4.78, 5) is 18.5. The Morgan fingerprint density at radius 2 is 2.35 bits per heavy atom. The van der Waals surface area contributed by atoms with Crippen LogP contribution in [0, 0.1) is 6.92 Å². The third-order valence-corrected chi connectivity index (χ3v) is 4.13. The highest BCUT2D eigenvalue weighted by Crippen LogP contribution is 2.25. The number of piperidine rings is 1. The Hall–Kier alpha value is -2.14. The summed E-state index contributed by atoms with van der Waals surface area (Å²) in [7, 11) is 0. The van der Waals surface area contributed by atoms with Crippen molar-refractivity contribution in [2.24, 2.45) is 0 Å². The minimum atomic E-state index is -0.00841. The number of benzene rings is 1. The summed E-state index contributed by atoms with van der Waals surface area (Å²) in [5, 5.41) is 4.49. The maximum Gasteiger partial charge on any atom is 0.246 e. The lowest BCUT2D eigenvalue weighted by molar-refractivity contribution is -0.127. The van der Waals surface area contributed by atoms with Crippen LogP contribution in [0.4, 0.5) is 0 Å². The summed E-state index contributed by atoms with van der Waals surface area (Å²) in [5.74, 6) is 1.36. The van der Waals surface area contributed by atoms with Crippen molar-refractivity contribution >= 4 is 23.6 Å². The summed E-state index contributed by atoms with van der Waals surface area (Å²) in [6.45, 7) is 3.16. The highest BCUT2D eigenvalue weighted by Gasteiger charge is 2.27. The van der Waals surface area contributed by atoms with Crippen LogP contribution in [0.2, 0.25) is 5.02 Å². The zero-order valence-electron chi connectivity index (χ0n) is 12.9. The number of amides is 1. The van der Waals surface area contributed by atoms with Gasteiger partial charge in [0.05, 0.1) is 5.92 Å². The second-order valence-corrected chi connectivity index (χ2v) is 6.13. The molecule has 6 heteroatoms. The Morgan fingerprint density at radius 1 is 1.48 bits per heavy atom. The van der Waals surface area contributed by atoms with Gasteiger partial charge in [-0.1, -0.05) is 28.9 Å². The topological polar surface area (TPSA) is 59.2 Å². The Labute approximate surface area is 139 Å². The van der Waals surface area contributed by atoms with Gasteiger partial charge >= 0.3 is 0 Å². The predicted molar refractivity (Wildman–Crippen MR) is 88.1 cm³/mol. The van der Waals surface area contributed by atoms with Gasteiger partial charge in [-0.3, -0.25) is 4.79 Å². The molecule has 1 fully saturated rings. The summed E-state index contributed by atoms with van der Waals surface area (Å²) >= 11 is 5.95. The molecular formula is C17H18ClN3O2. The molecule has 0 spiro atoms. The van der Waals surface area contributed by atoms with Gasteiger partial charge in [-0.25, -0.2) is 0 Å². The third kappa shape index (κ3) is 3.99. The van der Waals surface area contributed by atoms with Crippen molar-refractivity contribution in [3.8, 4) is 0 Å². The van der Waals surface area contributed by atoms with Crippen molar-refractivity contribution in [1.82, 2.24) is 15.0 Å². The van der Waals surface area contributed by atoms with Crippen LogP contribution in [0.25, 0.3) is 6.08 Å². The molecule has 3 rings (SSSR count). The number of nitrogens with zero attached hydrogens (tertiary/aromatic N) is 3. The number of hydrogen-bond donors (Lipinski definition) is 0. The van der Waals surface area contributed by atoms with Gasteiger partial charge in [0.15, 0.2) is 5.82 Å².